The average molecular weight is 422 g/mol. The maximum atomic E-state index is 12.2. The number of ether oxygens (including phenoxy) is 2. The molecule has 0 aliphatic heterocycles. The van der Waals surface area contributed by atoms with Crippen molar-refractivity contribution in [3.05, 3.63) is 62.8 Å². The van der Waals surface area contributed by atoms with E-state index in [2.05, 4.69) is 22.5 Å². The number of carbonyl (C=O) groups excluding carboxylic acids is 1. The molecule has 4 nitrogen and oxygen atoms in total. The smallest absolute Gasteiger partial charge is 0.339 e. The predicted octanol–water partition coefficient (Wildman–Crippen LogP) is 4.99. The van der Waals surface area contributed by atoms with Gasteiger partial charge in [-0.05, 0) is 43.5 Å². The van der Waals surface area contributed by atoms with E-state index in [-0.39, 0.29) is 5.97 Å². The van der Waals surface area contributed by atoms with E-state index in [1.54, 1.807) is 19.9 Å². The van der Waals surface area contributed by atoms with Crippen LogP contribution in [0.15, 0.2) is 46.8 Å². The van der Waals surface area contributed by atoms with Gasteiger partial charge in [0.1, 0.15) is 12.4 Å². The molecule has 0 atom stereocenters. The summed E-state index contributed by atoms with van der Waals surface area (Å²) < 4.78 is 11.9. The van der Waals surface area contributed by atoms with E-state index in [4.69, 9.17) is 15.2 Å². The van der Waals surface area contributed by atoms with Crippen molar-refractivity contribution in [3.8, 4) is 5.75 Å². The second-order valence-corrected chi connectivity index (χ2v) is 6.95. The summed E-state index contributed by atoms with van der Waals surface area (Å²) in [6.07, 6.45) is 1.73. The molecule has 0 saturated heterocycles. The van der Waals surface area contributed by atoms with E-state index in [9.17, 15) is 4.79 Å². The Labute approximate surface area is 160 Å². The van der Waals surface area contributed by atoms with Gasteiger partial charge in [-0.3, -0.25) is 0 Å². The fraction of sp³-hybridized carbons (Fsp3) is 0.211. The van der Waals surface area contributed by atoms with Gasteiger partial charge in [-0.25, -0.2) is 4.79 Å². The third kappa shape index (κ3) is 4.74. The number of allylic oxidation sites excluding steroid dienone is 1. The predicted molar refractivity (Wildman–Crippen MR) is 106 cm³/mol. The first kappa shape index (κ1) is 19.3. The molecule has 1 aromatic carbocycles. The molecular formula is C19H20BrNO3S. The quantitative estimate of drug-likeness (QED) is 0.505. The number of benzene rings is 1. The van der Waals surface area contributed by atoms with Gasteiger partial charge in [0, 0.05) is 21.3 Å². The summed E-state index contributed by atoms with van der Waals surface area (Å²) >= 11 is 4.83. The maximum absolute atomic E-state index is 12.2. The lowest BCUT2D eigenvalue weighted by Crippen LogP contribution is -2.09. The maximum Gasteiger partial charge on any atom is 0.339 e. The Morgan fingerprint density at radius 2 is 2.04 bits per heavy atom. The third-order valence-corrected chi connectivity index (χ3v) is 5.02. The van der Waals surface area contributed by atoms with Gasteiger partial charge in [0.15, 0.2) is 0 Å². The number of rotatable bonds is 7. The molecule has 0 unspecified atom stereocenters. The number of halogens is 1. The Morgan fingerprint density at radius 1 is 1.36 bits per heavy atom. The van der Waals surface area contributed by atoms with E-state index >= 15 is 0 Å². The van der Waals surface area contributed by atoms with Gasteiger partial charge in [-0.1, -0.05) is 28.6 Å². The van der Waals surface area contributed by atoms with Crippen molar-refractivity contribution in [2.45, 2.75) is 20.5 Å². The molecule has 25 heavy (non-hydrogen) atoms. The van der Waals surface area contributed by atoms with Gasteiger partial charge < -0.3 is 15.2 Å². The third-order valence-electron chi connectivity index (χ3n) is 3.42. The van der Waals surface area contributed by atoms with Gasteiger partial charge in [0.25, 0.3) is 0 Å². The highest BCUT2D eigenvalue weighted by Gasteiger charge is 2.21. The minimum atomic E-state index is -0.366. The van der Waals surface area contributed by atoms with Crippen LogP contribution < -0.4 is 10.5 Å². The van der Waals surface area contributed by atoms with Crippen LogP contribution in [0, 0.1) is 0 Å². The number of hydrogen-bond acceptors (Lipinski definition) is 5. The Hall–Kier alpha value is -2.05. The Kier molecular flexibility index (Phi) is 6.84. The lowest BCUT2D eigenvalue weighted by Gasteiger charge is -2.11. The molecule has 0 saturated carbocycles. The zero-order chi connectivity index (χ0) is 18.4. The Balaban J connectivity index is 2.28. The van der Waals surface area contributed by atoms with Crippen molar-refractivity contribution < 1.29 is 14.3 Å². The number of carbonyl (C=O) groups is 1. The van der Waals surface area contributed by atoms with Gasteiger partial charge in [-0.15, -0.1) is 11.3 Å². The van der Waals surface area contributed by atoms with Gasteiger partial charge in [-0.2, -0.15) is 0 Å². The molecule has 2 aromatic rings. The summed E-state index contributed by atoms with van der Waals surface area (Å²) in [6, 6.07) is 7.58. The van der Waals surface area contributed by atoms with Crippen molar-refractivity contribution >= 4 is 44.5 Å². The molecule has 0 aliphatic carbocycles. The summed E-state index contributed by atoms with van der Waals surface area (Å²) in [5.41, 5.74) is 8.50. The Morgan fingerprint density at radius 3 is 2.60 bits per heavy atom. The largest absolute Gasteiger partial charge is 0.489 e. The first-order chi connectivity index (χ1) is 12.0. The second kappa shape index (κ2) is 8.87. The van der Waals surface area contributed by atoms with E-state index in [0.717, 1.165) is 26.2 Å². The SMILES string of the molecule is C=C(N)c1c(COc2ccc(Br)cc2)csc1/C(=C\C)C(=O)OCC. The number of nitrogens with two attached hydrogens (primary N) is 1. The highest BCUT2D eigenvalue weighted by Crippen LogP contribution is 2.34. The van der Waals surface area contributed by atoms with Crippen molar-refractivity contribution in [1.82, 2.24) is 0 Å². The van der Waals surface area contributed by atoms with Crippen molar-refractivity contribution in [2.24, 2.45) is 5.73 Å². The number of hydrogen-bond donors (Lipinski definition) is 1. The summed E-state index contributed by atoms with van der Waals surface area (Å²) in [4.78, 5) is 12.9. The molecule has 6 heteroatoms. The van der Waals surface area contributed by atoms with Crippen molar-refractivity contribution in [3.63, 3.8) is 0 Å². The van der Waals surface area contributed by atoms with E-state index in [1.807, 2.05) is 29.6 Å². The van der Waals surface area contributed by atoms with Crippen LogP contribution in [0.3, 0.4) is 0 Å². The fourth-order valence-corrected chi connectivity index (χ4v) is 3.71. The van der Waals surface area contributed by atoms with Crippen LogP contribution >= 0.6 is 27.3 Å². The van der Waals surface area contributed by atoms with Crippen molar-refractivity contribution in [2.75, 3.05) is 6.61 Å². The van der Waals surface area contributed by atoms with Gasteiger partial charge in [0.2, 0.25) is 0 Å². The molecular weight excluding hydrogens is 402 g/mol. The van der Waals surface area contributed by atoms with Crippen LogP contribution in [0.5, 0.6) is 5.75 Å². The molecule has 0 spiro atoms. The minimum absolute atomic E-state index is 0.319. The molecule has 0 aliphatic rings. The normalized spacial score (nSPS) is 11.2. The zero-order valence-electron chi connectivity index (χ0n) is 14.2. The molecule has 2 rings (SSSR count). The average Bonchev–Trinajstić information content (AvgIpc) is 2.99. The summed E-state index contributed by atoms with van der Waals surface area (Å²) in [5.74, 6) is 0.385. The fourth-order valence-electron chi connectivity index (χ4n) is 2.29. The van der Waals surface area contributed by atoms with Crippen LogP contribution in [-0.2, 0) is 16.1 Å². The highest BCUT2D eigenvalue weighted by atomic mass is 79.9. The monoisotopic (exact) mass is 421 g/mol. The number of esters is 1. The Bertz CT molecular complexity index is 794. The van der Waals surface area contributed by atoms with Crippen LogP contribution in [0.1, 0.15) is 29.9 Å². The minimum Gasteiger partial charge on any atom is -0.489 e. The summed E-state index contributed by atoms with van der Waals surface area (Å²) in [6.45, 7) is 8.08. The lowest BCUT2D eigenvalue weighted by molar-refractivity contribution is -0.136. The number of thiophene rings is 1. The molecule has 2 N–H and O–H groups in total. The van der Waals surface area contributed by atoms with E-state index in [1.165, 1.54) is 11.3 Å². The van der Waals surface area contributed by atoms with E-state index < -0.39 is 0 Å². The molecule has 0 fully saturated rings. The molecule has 0 amide bonds. The van der Waals surface area contributed by atoms with E-state index in [0.29, 0.717) is 24.5 Å². The van der Waals surface area contributed by atoms with Crippen molar-refractivity contribution in [1.29, 1.82) is 0 Å². The lowest BCUT2D eigenvalue weighted by atomic mass is 10.0. The van der Waals surface area contributed by atoms with Crippen LogP contribution in [0.25, 0.3) is 11.3 Å². The highest BCUT2D eigenvalue weighted by molar-refractivity contribution is 9.10. The van der Waals surface area contributed by atoms with Gasteiger partial charge >= 0.3 is 5.97 Å². The second-order valence-electron chi connectivity index (χ2n) is 5.16. The standard InChI is InChI=1S/C19H20BrNO3S/c1-4-16(19(22)23-5-2)18-17(12(3)21)13(11-25-18)10-24-15-8-6-14(20)7-9-15/h4,6-9,11H,3,5,10,21H2,1-2H3/b16-4+. The molecule has 0 radical (unpaired) electrons. The molecule has 1 heterocycles. The van der Waals surface area contributed by atoms with Crippen LogP contribution in [0.4, 0.5) is 0 Å². The topological polar surface area (TPSA) is 61.5 Å². The zero-order valence-corrected chi connectivity index (χ0v) is 16.6. The molecule has 0 bridgehead atoms. The van der Waals surface area contributed by atoms with Crippen LogP contribution in [0.2, 0.25) is 0 Å². The first-order valence-corrected chi connectivity index (χ1v) is 9.42. The first-order valence-electron chi connectivity index (χ1n) is 7.75. The summed E-state index contributed by atoms with van der Waals surface area (Å²) in [7, 11) is 0. The molecule has 132 valence electrons. The molecule has 1 aromatic heterocycles. The van der Waals surface area contributed by atoms with Crippen LogP contribution in [-0.4, -0.2) is 12.6 Å². The summed E-state index contributed by atoms with van der Waals surface area (Å²) in [5, 5.41) is 1.93. The van der Waals surface area contributed by atoms with Gasteiger partial charge in [0.05, 0.1) is 17.1 Å².